The van der Waals surface area contributed by atoms with Crippen LogP contribution in [0.4, 0.5) is 4.39 Å². The predicted molar refractivity (Wildman–Crippen MR) is 112 cm³/mol. The summed E-state index contributed by atoms with van der Waals surface area (Å²) in [6.45, 7) is 5.53. The van der Waals surface area contributed by atoms with Gasteiger partial charge in [0.1, 0.15) is 5.82 Å². The van der Waals surface area contributed by atoms with E-state index in [4.69, 9.17) is 4.74 Å². The van der Waals surface area contributed by atoms with E-state index in [0.29, 0.717) is 25.3 Å². The van der Waals surface area contributed by atoms with Crippen molar-refractivity contribution in [1.82, 2.24) is 10.3 Å². The largest absolute Gasteiger partial charge is 0.381 e. The molecule has 1 saturated heterocycles. The summed E-state index contributed by atoms with van der Waals surface area (Å²) < 4.78 is 19.4. The molecule has 3 aromatic rings. The molecule has 4 rings (SSSR count). The van der Waals surface area contributed by atoms with Gasteiger partial charge in [0.15, 0.2) is 0 Å². The van der Waals surface area contributed by atoms with Crippen molar-refractivity contribution in [2.75, 3.05) is 19.8 Å². The van der Waals surface area contributed by atoms with E-state index in [9.17, 15) is 9.18 Å². The maximum Gasteiger partial charge on any atom is 0.252 e. The van der Waals surface area contributed by atoms with E-state index in [1.807, 2.05) is 44.2 Å². The molecule has 1 amide bonds. The lowest BCUT2D eigenvalue weighted by Gasteiger charge is -2.38. The van der Waals surface area contributed by atoms with Gasteiger partial charge in [-0.15, -0.1) is 0 Å². The first-order valence-corrected chi connectivity index (χ1v) is 9.97. The Morgan fingerprint density at radius 3 is 2.69 bits per heavy atom. The Morgan fingerprint density at radius 2 is 1.93 bits per heavy atom. The second-order valence-corrected chi connectivity index (χ2v) is 7.92. The molecule has 0 bridgehead atoms. The first kappa shape index (κ1) is 19.5. The van der Waals surface area contributed by atoms with E-state index in [1.165, 1.54) is 6.07 Å². The summed E-state index contributed by atoms with van der Waals surface area (Å²) in [5.41, 5.74) is 3.90. The minimum atomic E-state index is -0.330. The first-order valence-electron chi connectivity index (χ1n) is 9.97. The summed E-state index contributed by atoms with van der Waals surface area (Å²) in [7, 11) is 0. The van der Waals surface area contributed by atoms with Crippen LogP contribution in [0.25, 0.3) is 10.9 Å². The molecule has 0 atom stereocenters. The van der Waals surface area contributed by atoms with Gasteiger partial charge in [-0.1, -0.05) is 23.8 Å². The van der Waals surface area contributed by atoms with E-state index >= 15 is 0 Å². The minimum absolute atomic E-state index is 0.131. The summed E-state index contributed by atoms with van der Waals surface area (Å²) >= 11 is 0. The van der Waals surface area contributed by atoms with Gasteiger partial charge >= 0.3 is 0 Å². The number of halogens is 1. The minimum Gasteiger partial charge on any atom is -0.381 e. The van der Waals surface area contributed by atoms with Crippen molar-refractivity contribution >= 4 is 16.8 Å². The van der Waals surface area contributed by atoms with Crippen LogP contribution < -0.4 is 5.32 Å². The molecular weight excluding hydrogens is 367 g/mol. The summed E-state index contributed by atoms with van der Waals surface area (Å²) in [5.74, 6) is -0.390. The summed E-state index contributed by atoms with van der Waals surface area (Å²) in [6, 6.07) is 14.5. The van der Waals surface area contributed by atoms with Crippen molar-refractivity contribution in [2.45, 2.75) is 32.1 Å². The molecule has 0 unspecified atom stereocenters. The SMILES string of the molecule is Cc1ccc2nc(C)cc(C(=O)NCC3(c4cccc(F)c4)CCOCC3)c2c1. The molecule has 0 spiro atoms. The van der Waals surface area contributed by atoms with Gasteiger partial charge in [-0.05, 0) is 62.6 Å². The van der Waals surface area contributed by atoms with Crippen molar-refractivity contribution in [3.05, 3.63) is 76.7 Å². The fourth-order valence-corrected chi connectivity index (χ4v) is 4.15. The molecular formula is C24H25FN2O2. The molecule has 5 heteroatoms. The Morgan fingerprint density at radius 1 is 1.14 bits per heavy atom. The summed E-state index contributed by atoms with van der Waals surface area (Å²) in [6.07, 6.45) is 1.48. The molecule has 0 radical (unpaired) electrons. The summed E-state index contributed by atoms with van der Waals surface area (Å²) in [5, 5.41) is 3.97. The topological polar surface area (TPSA) is 51.2 Å². The number of pyridine rings is 1. The lowest BCUT2D eigenvalue weighted by molar-refractivity contribution is 0.0486. The van der Waals surface area contributed by atoms with Crippen LogP contribution >= 0.6 is 0 Å². The number of aromatic nitrogens is 1. The Kier molecular flexibility index (Phi) is 5.33. The van der Waals surface area contributed by atoms with Gasteiger partial charge in [0.2, 0.25) is 0 Å². The second kappa shape index (κ2) is 7.91. The molecule has 1 aromatic heterocycles. The number of hydrogen-bond donors (Lipinski definition) is 1. The number of nitrogens with zero attached hydrogens (tertiary/aromatic N) is 1. The predicted octanol–water partition coefficient (Wildman–Crippen LogP) is 4.47. The number of aryl methyl sites for hydroxylation is 2. The molecule has 1 fully saturated rings. The number of ether oxygens (including phenoxy) is 1. The number of amides is 1. The molecule has 0 aliphatic carbocycles. The van der Waals surface area contributed by atoms with Gasteiger partial charge < -0.3 is 10.1 Å². The average molecular weight is 392 g/mol. The van der Waals surface area contributed by atoms with Gasteiger partial charge in [0.05, 0.1) is 11.1 Å². The zero-order chi connectivity index (χ0) is 20.4. The maximum absolute atomic E-state index is 13.9. The average Bonchev–Trinajstić information content (AvgIpc) is 2.72. The number of carbonyl (C=O) groups excluding carboxylic acids is 1. The van der Waals surface area contributed by atoms with Gasteiger partial charge in [0.25, 0.3) is 5.91 Å². The monoisotopic (exact) mass is 392 g/mol. The Labute approximate surface area is 170 Å². The highest BCUT2D eigenvalue weighted by atomic mass is 19.1. The molecule has 0 saturated carbocycles. The number of benzene rings is 2. The van der Waals surface area contributed by atoms with E-state index in [2.05, 4.69) is 10.3 Å². The maximum atomic E-state index is 13.9. The van der Waals surface area contributed by atoms with E-state index in [-0.39, 0.29) is 17.1 Å². The number of hydrogen-bond acceptors (Lipinski definition) is 3. The van der Waals surface area contributed by atoms with Crippen LogP contribution in [0.3, 0.4) is 0 Å². The van der Waals surface area contributed by atoms with Crippen LogP contribution in [0.1, 0.15) is 40.0 Å². The van der Waals surface area contributed by atoms with Crippen molar-refractivity contribution in [2.24, 2.45) is 0 Å². The van der Waals surface area contributed by atoms with Crippen molar-refractivity contribution in [3.8, 4) is 0 Å². The zero-order valence-electron chi connectivity index (χ0n) is 16.8. The second-order valence-electron chi connectivity index (χ2n) is 7.92. The summed E-state index contributed by atoms with van der Waals surface area (Å²) in [4.78, 5) is 17.7. The van der Waals surface area contributed by atoms with E-state index in [0.717, 1.165) is 40.6 Å². The van der Waals surface area contributed by atoms with Gasteiger partial charge in [-0.25, -0.2) is 4.39 Å². The van der Waals surface area contributed by atoms with Crippen LogP contribution in [-0.4, -0.2) is 30.6 Å². The highest BCUT2D eigenvalue weighted by molar-refractivity contribution is 6.06. The lowest BCUT2D eigenvalue weighted by atomic mass is 9.74. The van der Waals surface area contributed by atoms with Gasteiger partial charge in [-0.2, -0.15) is 0 Å². The Balaban J connectivity index is 1.64. The van der Waals surface area contributed by atoms with Crippen molar-refractivity contribution in [3.63, 3.8) is 0 Å². The lowest BCUT2D eigenvalue weighted by Crippen LogP contribution is -2.44. The van der Waals surface area contributed by atoms with Crippen molar-refractivity contribution < 1.29 is 13.9 Å². The van der Waals surface area contributed by atoms with Crippen LogP contribution in [-0.2, 0) is 10.2 Å². The fraction of sp³-hybridized carbons (Fsp3) is 0.333. The smallest absolute Gasteiger partial charge is 0.252 e. The molecule has 150 valence electrons. The number of fused-ring (bicyclic) bond motifs is 1. The molecule has 29 heavy (non-hydrogen) atoms. The molecule has 2 aromatic carbocycles. The van der Waals surface area contributed by atoms with Crippen LogP contribution in [0.2, 0.25) is 0 Å². The van der Waals surface area contributed by atoms with Gasteiger partial charge in [-0.3, -0.25) is 9.78 Å². The third-order valence-corrected chi connectivity index (χ3v) is 5.81. The number of nitrogens with one attached hydrogen (secondary N) is 1. The first-order chi connectivity index (χ1) is 14.0. The number of carbonyl (C=O) groups is 1. The Bertz CT molecular complexity index is 1060. The normalized spacial score (nSPS) is 16.0. The molecule has 2 heterocycles. The highest BCUT2D eigenvalue weighted by Gasteiger charge is 2.35. The molecule has 1 aliphatic heterocycles. The van der Waals surface area contributed by atoms with Crippen LogP contribution in [0.5, 0.6) is 0 Å². The quantitative estimate of drug-likeness (QED) is 0.713. The number of rotatable bonds is 4. The molecule has 4 nitrogen and oxygen atoms in total. The fourth-order valence-electron chi connectivity index (χ4n) is 4.15. The van der Waals surface area contributed by atoms with Crippen LogP contribution in [0, 0.1) is 19.7 Å². The van der Waals surface area contributed by atoms with Crippen molar-refractivity contribution in [1.29, 1.82) is 0 Å². The molecule has 1 aliphatic rings. The highest BCUT2D eigenvalue weighted by Crippen LogP contribution is 2.35. The molecule has 1 N–H and O–H groups in total. The van der Waals surface area contributed by atoms with Gasteiger partial charge in [0, 0.05) is 36.3 Å². The van der Waals surface area contributed by atoms with E-state index in [1.54, 1.807) is 12.1 Å². The third-order valence-electron chi connectivity index (χ3n) is 5.81. The van der Waals surface area contributed by atoms with E-state index < -0.39 is 0 Å². The standard InChI is InChI=1S/C24H25FN2O2/c1-16-6-7-22-20(12-16)21(13-17(2)27-22)23(28)26-15-24(8-10-29-11-9-24)18-4-3-5-19(25)14-18/h3-7,12-14H,8-11,15H2,1-2H3,(H,26,28). The van der Waals surface area contributed by atoms with Crippen LogP contribution in [0.15, 0.2) is 48.5 Å². The zero-order valence-corrected chi connectivity index (χ0v) is 16.8. The Hall–Kier alpha value is -2.79. The third kappa shape index (κ3) is 4.01.